The van der Waals surface area contributed by atoms with Crippen LogP contribution in [0.1, 0.15) is 25.7 Å². The van der Waals surface area contributed by atoms with Gasteiger partial charge in [0, 0.05) is 50.0 Å². The number of piperidine rings is 1. The van der Waals surface area contributed by atoms with E-state index >= 15 is 0 Å². The highest BCUT2D eigenvalue weighted by atomic mass is 16.3. The van der Waals surface area contributed by atoms with E-state index in [0.29, 0.717) is 29.4 Å². The molecule has 1 aromatic carbocycles. The number of nitrogens with one attached hydrogen (secondary N) is 1. The highest BCUT2D eigenvalue weighted by molar-refractivity contribution is 5.74. The molecular weight excluding hydrogens is 390 g/mol. The maximum absolute atomic E-state index is 11.9. The first kappa shape index (κ1) is 19.8. The van der Waals surface area contributed by atoms with Gasteiger partial charge in [0.25, 0.3) is 5.56 Å². The maximum atomic E-state index is 11.9. The zero-order chi connectivity index (χ0) is 21.5. The maximum Gasteiger partial charge on any atom is 0.250 e. The lowest BCUT2D eigenvalue weighted by atomic mass is 9.98. The number of aromatic nitrogens is 3. The van der Waals surface area contributed by atoms with Gasteiger partial charge in [-0.05, 0) is 67.1 Å². The topological polar surface area (TPSA) is 83.3 Å². The number of phenols is 1. The van der Waals surface area contributed by atoms with Crippen LogP contribution in [0, 0.1) is 0 Å². The lowest BCUT2D eigenvalue weighted by Crippen LogP contribution is -2.47. The van der Waals surface area contributed by atoms with Gasteiger partial charge in [-0.1, -0.05) is 6.07 Å². The number of anilines is 1. The number of fused-ring (bicyclic) bond motifs is 2. The van der Waals surface area contributed by atoms with Crippen molar-refractivity contribution in [3.63, 3.8) is 0 Å². The zero-order valence-corrected chi connectivity index (χ0v) is 17.8. The lowest BCUT2D eigenvalue weighted by molar-refractivity contribution is 0.353. The summed E-state index contributed by atoms with van der Waals surface area (Å²) in [4.78, 5) is 14.1. The summed E-state index contributed by atoms with van der Waals surface area (Å²) in [5, 5.41) is 23.1. The molecule has 0 unspecified atom stereocenters. The standard InChI is InChI=1S/C24H27N5O2/c1-28-10-9-16(12-24(28)31)15-3-6-20(22(30)11-15)21-7-8-23(27-26-21)29(2)19-13-17-4-5-18(14-19)25-17/h3,6-12,17-19,25,30H,4-5,13-14H2,1-2H3/t17-,18+,19-. The van der Waals surface area contributed by atoms with Crippen molar-refractivity contribution >= 4 is 5.82 Å². The van der Waals surface area contributed by atoms with Gasteiger partial charge in [-0.15, -0.1) is 10.2 Å². The van der Waals surface area contributed by atoms with Crippen molar-refractivity contribution < 1.29 is 5.11 Å². The Morgan fingerprint density at radius 3 is 2.42 bits per heavy atom. The number of hydrogen-bond acceptors (Lipinski definition) is 6. The number of rotatable bonds is 4. The fourth-order valence-electron chi connectivity index (χ4n) is 4.84. The molecule has 0 radical (unpaired) electrons. The van der Waals surface area contributed by atoms with Crippen molar-refractivity contribution in [1.29, 1.82) is 0 Å². The number of aryl methyl sites for hydroxylation is 1. The van der Waals surface area contributed by atoms with Crippen LogP contribution in [-0.4, -0.2) is 45.0 Å². The molecule has 0 spiro atoms. The van der Waals surface area contributed by atoms with Gasteiger partial charge < -0.3 is 19.9 Å². The first-order chi connectivity index (χ1) is 15.0. The molecule has 2 bridgehead atoms. The Kier molecular flexibility index (Phi) is 4.98. The second kappa shape index (κ2) is 7.81. The molecule has 2 aromatic heterocycles. The van der Waals surface area contributed by atoms with Gasteiger partial charge in [-0.3, -0.25) is 4.79 Å². The Morgan fingerprint density at radius 1 is 1.03 bits per heavy atom. The second-order valence-electron chi connectivity index (χ2n) is 8.75. The highest BCUT2D eigenvalue weighted by Crippen LogP contribution is 2.34. The fourth-order valence-corrected chi connectivity index (χ4v) is 4.84. The van der Waals surface area contributed by atoms with Crippen LogP contribution in [0.3, 0.4) is 0 Å². The van der Waals surface area contributed by atoms with E-state index in [1.807, 2.05) is 30.3 Å². The van der Waals surface area contributed by atoms with Crippen molar-refractivity contribution in [2.24, 2.45) is 7.05 Å². The molecule has 4 heterocycles. The van der Waals surface area contributed by atoms with Gasteiger partial charge in [-0.25, -0.2) is 0 Å². The van der Waals surface area contributed by atoms with Crippen molar-refractivity contribution in [3.8, 4) is 28.1 Å². The Bertz CT molecular complexity index is 1150. The summed E-state index contributed by atoms with van der Waals surface area (Å²) < 4.78 is 1.51. The molecular formula is C24H27N5O2. The van der Waals surface area contributed by atoms with E-state index in [1.54, 1.807) is 25.4 Å². The van der Waals surface area contributed by atoms with Crippen LogP contribution in [0.4, 0.5) is 5.82 Å². The minimum atomic E-state index is -0.0894. The van der Waals surface area contributed by atoms with Crippen molar-refractivity contribution in [2.75, 3.05) is 11.9 Å². The van der Waals surface area contributed by atoms with Gasteiger partial charge in [0.15, 0.2) is 5.82 Å². The van der Waals surface area contributed by atoms with Gasteiger partial charge in [0.1, 0.15) is 5.75 Å². The number of phenolic OH excluding ortho intramolecular Hbond substituents is 1. The van der Waals surface area contributed by atoms with Crippen LogP contribution in [0.15, 0.2) is 53.5 Å². The average Bonchev–Trinajstić information content (AvgIpc) is 3.12. The first-order valence-corrected chi connectivity index (χ1v) is 10.8. The van der Waals surface area contributed by atoms with Crippen molar-refractivity contribution in [3.05, 3.63) is 59.0 Å². The highest BCUT2D eigenvalue weighted by Gasteiger charge is 2.35. The summed E-state index contributed by atoms with van der Waals surface area (Å²) in [5.74, 6) is 0.967. The number of benzene rings is 1. The van der Waals surface area contributed by atoms with E-state index < -0.39 is 0 Å². The third-order valence-corrected chi connectivity index (χ3v) is 6.72. The molecule has 5 rings (SSSR count). The minimum absolute atomic E-state index is 0.0894. The van der Waals surface area contributed by atoms with E-state index in [-0.39, 0.29) is 11.3 Å². The Balaban J connectivity index is 1.35. The molecule has 3 atom stereocenters. The van der Waals surface area contributed by atoms with Gasteiger partial charge in [0.2, 0.25) is 0 Å². The summed E-state index contributed by atoms with van der Waals surface area (Å²) in [5.41, 5.74) is 2.70. The lowest BCUT2D eigenvalue weighted by Gasteiger charge is -2.36. The van der Waals surface area contributed by atoms with E-state index in [1.165, 1.54) is 17.4 Å². The summed E-state index contributed by atoms with van der Waals surface area (Å²) in [6.45, 7) is 0. The van der Waals surface area contributed by atoms with E-state index in [4.69, 9.17) is 0 Å². The van der Waals surface area contributed by atoms with Crippen LogP contribution < -0.4 is 15.8 Å². The summed E-state index contributed by atoms with van der Waals surface area (Å²) >= 11 is 0. The van der Waals surface area contributed by atoms with Crippen molar-refractivity contribution in [2.45, 2.75) is 43.8 Å². The molecule has 7 nitrogen and oxygen atoms in total. The van der Waals surface area contributed by atoms with Crippen LogP contribution in [0.25, 0.3) is 22.4 Å². The predicted molar refractivity (Wildman–Crippen MR) is 121 cm³/mol. The van der Waals surface area contributed by atoms with Gasteiger partial charge in [0.05, 0.1) is 5.69 Å². The third-order valence-electron chi connectivity index (χ3n) is 6.72. The SMILES string of the molecule is CN(c1ccc(-c2ccc(-c3ccn(C)c(=O)c3)cc2O)nn1)[C@@H]1C[C@H]2CC[C@@H](C1)N2. The molecule has 31 heavy (non-hydrogen) atoms. The number of hydrogen-bond donors (Lipinski definition) is 2. The summed E-state index contributed by atoms with van der Waals surface area (Å²) in [7, 11) is 3.80. The van der Waals surface area contributed by atoms with Gasteiger partial charge in [-0.2, -0.15) is 0 Å². The van der Waals surface area contributed by atoms with Gasteiger partial charge >= 0.3 is 0 Å². The monoisotopic (exact) mass is 417 g/mol. The molecule has 0 saturated carbocycles. The summed E-state index contributed by atoms with van der Waals surface area (Å²) in [6, 6.07) is 14.4. The molecule has 2 aliphatic rings. The molecule has 0 aliphatic carbocycles. The normalized spacial score (nSPS) is 22.5. The molecule has 3 aromatic rings. The Labute approximate surface area is 181 Å². The van der Waals surface area contributed by atoms with Crippen LogP contribution >= 0.6 is 0 Å². The molecule has 2 saturated heterocycles. The predicted octanol–water partition coefficient (Wildman–Crippen LogP) is 2.93. The van der Waals surface area contributed by atoms with Crippen LogP contribution in [-0.2, 0) is 7.05 Å². The third kappa shape index (κ3) is 3.81. The molecule has 2 aliphatic heterocycles. The summed E-state index contributed by atoms with van der Waals surface area (Å²) in [6.07, 6.45) is 6.54. The molecule has 2 N–H and O–H groups in total. The fraction of sp³-hybridized carbons (Fsp3) is 0.375. The van der Waals surface area contributed by atoms with Crippen LogP contribution in [0.2, 0.25) is 0 Å². The molecule has 0 amide bonds. The first-order valence-electron chi connectivity index (χ1n) is 10.8. The number of aromatic hydroxyl groups is 1. The van der Waals surface area contributed by atoms with E-state index in [0.717, 1.165) is 29.8 Å². The Morgan fingerprint density at radius 2 is 1.77 bits per heavy atom. The second-order valence-corrected chi connectivity index (χ2v) is 8.75. The van der Waals surface area contributed by atoms with Crippen molar-refractivity contribution in [1.82, 2.24) is 20.1 Å². The molecule has 7 heteroatoms. The zero-order valence-electron chi connectivity index (χ0n) is 17.8. The van der Waals surface area contributed by atoms with Crippen LogP contribution in [0.5, 0.6) is 5.75 Å². The number of nitrogens with zero attached hydrogens (tertiary/aromatic N) is 4. The smallest absolute Gasteiger partial charge is 0.250 e. The minimum Gasteiger partial charge on any atom is -0.507 e. The average molecular weight is 418 g/mol. The molecule has 160 valence electrons. The molecule has 2 fully saturated rings. The quantitative estimate of drug-likeness (QED) is 0.679. The van der Waals surface area contributed by atoms with E-state index in [9.17, 15) is 9.90 Å². The Hall–Kier alpha value is -3.19. The number of pyridine rings is 1. The van der Waals surface area contributed by atoms with E-state index in [2.05, 4.69) is 27.5 Å². The largest absolute Gasteiger partial charge is 0.507 e.